The summed E-state index contributed by atoms with van der Waals surface area (Å²) in [6.07, 6.45) is 1.67. The number of benzene rings is 1. The molecule has 0 aliphatic carbocycles. The summed E-state index contributed by atoms with van der Waals surface area (Å²) in [7, 11) is 0. The summed E-state index contributed by atoms with van der Waals surface area (Å²) < 4.78 is 11.5. The van der Waals surface area contributed by atoms with Crippen LogP contribution in [0.5, 0.6) is 5.75 Å². The Kier molecular flexibility index (Phi) is 3.83. The van der Waals surface area contributed by atoms with Crippen LogP contribution < -0.4 is 10.5 Å². The van der Waals surface area contributed by atoms with Gasteiger partial charge >= 0.3 is 0 Å². The quantitative estimate of drug-likeness (QED) is 0.730. The Morgan fingerprint density at radius 3 is 2.76 bits per heavy atom. The van der Waals surface area contributed by atoms with E-state index in [9.17, 15) is 0 Å². The molecule has 7 heteroatoms. The number of pyridine rings is 1. The highest BCUT2D eigenvalue weighted by Gasteiger charge is 2.12. The number of hydrogen-bond acceptors (Lipinski definition) is 6. The van der Waals surface area contributed by atoms with Gasteiger partial charge in [0.15, 0.2) is 6.61 Å². The van der Waals surface area contributed by atoms with Gasteiger partial charge in [0, 0.05) is 16.4 Å². The maximum absolute atomic E-state index is 5.61. The summed E-state index contributed by atoms with van der Waals surface area (Å²) >= 11 is 3.40. The van der Waals surface area contributed by atoms with E-state index in [1.165, 1.54) is 0 Å². The molecule has 0 aliphatic heterocycles. The summed E-state index contributed by atoms with van der Waals surface area (Å²) in [5, 5.41) is 3.90. The van der Waals surface area contributed by atoms with Crippen LogP contribution in [0.2, 0.25) is 0 Å². The van der Waals surface area contributed by atoms with Crippen LogP contribution in [0.1, 0.15) is 5.89 Å². The molecular formula is C14H11BrN4O2. The van der Waals surface area contributed by atoms with Gasteiger partial charge in [0.25, 0.3) is 5.89 Å². The van der Waals surface area contributed by atoms with Crippen LogP contribution >= 0.6 is 15.9 Å². The molecule has 2 heterocycles. The van der Waals surface area contributed by atoms with Crippen LogP contribution in [0.15, 0.2) is 51.6 Å². The summed E-state index contributed by atoms with van der Waals surface area (Å²) in [5.74, 6) is 1.47. The monoisotopic (exact) mass is 346 g/mol. The van der Waals surface area contributed by atoms with Gasteiger partial charge in [-0.15, -0.1) is 0 Å². The molecule has 3 aromatic rings. The van der Waals surface area contributed by atoms with Crippen molar-refractivity contribution >= 4 is 21.6 Å². The Balaban J connectivity index is 1.71. The zero-order valence-corrected chi connectivity index (χ0v) is 12.4. The fourth-order valence-electron chi connectivity index (χ4n) is 1.67. The van der Waals surface area contributed by atoms with Crippen molar-refractivity contribution < 1.29 is 9.26 Å². The summed E-state index contributed by atoms with van der Waals surface area (Å²) in [5.41, 5.74) is 6.92. The highest BCUT2D eigenvalue weighted by molar-refractivity contribution is 9.10. The first kappa shape index (κ1) is 13.6. The number of nitrogens with two attached hydrogens (primary N) is 1. The molecule has 0 radical (unpaired) electrons. The summed E-state index contributed by atoms with van der Waals surface area (Å²) in [4.78, 5) is 8.46. The van der Waals surface area contributed by atoms with Crippen molar-refractivity contribution in [3.63, 3.8) is 0 Å². The van der Waals surface area contributed by atoms with Crippen molar-refractivity contribution in [1.29, 1.82) is 0 Å². The van der Waals surface area contributed by atoms with Gasteiger partial charge < -0.3 is 15.0 Å². The Labute approximate surface area is 129 Å². The van der Waals surface area contributed by atoms with E-state index in [0.717, 1.165) is 4.47 Å². The Morgan fingerprint density at radius 1 is 1.19 bits per heavy atom. The average molecular weight is 347 g/mol. The summed E-state index contributed by atoms with van der Waals surface area (Å²) in [6.45, 7) is 0.182. The van der Waals surface area contributed by atoms with Crippen molar-refractivity contribution in [3.05, 3.63) is 53.0 Å². The molecule has 0 spiro atoms. The molecule has 0 bridgehead atoms. The molecule has 0 fully saturated rings. The zero-order chi connectivity index (χ0) is 14.7. The fourth-order valence-corrected chi connectivity index (χ4v) is 2.10. The van der Waals surface area contributed by atoms with Gasteiger partial charge in [-0.1, -0.05) is 5.16 Å². The molecule has 0 saturated carbocycles. The number of hydrogen-bond donors (Lipinski definition) is 1. The van der Waals surface area contributed by atoms with Gasteiger partial charge in [-0.25, -0.2) is 0 Å². The zero-order valence-electron chi connectivity index (χ0n) is 10.9. The lowest BCUT2D eigenvalue weighted by Crippen LogP contribution is -1.96. The SMILES string of the molecule is Nc1ccc(OCc2nc(-c3ncccc3Br)no2)cc1. The molecule has 0 unspecified atom stereocenters. The van der Waals surface area contributed by atoms with Gasteiger partial charge in [0.1, 0.15) is 11.4 Å². The Morgan fingerprint density at radius 2 is 2.00 bits per heavy atom. The molecule has 0 amide bonds. The first-order chi connectivity index (χ1) is 10.2. The molecular weight excluding hydrogens is 336 g/mol. The van der Waals surface area contributed by atoms with E-state index >= 15 is 0 Å². The Hall–Kier alpha value is -2.41. The lowest BCUT2D eigenvalue weighted by atomic mass is 10.3. The lowest BCUT2D eigenvalue weighted by Gasteiger charge is -2.02. The second-order valence-corrected chi connectivity index (χ2v) is 5.06. The van der Waals surface area contributed by atoms with Crippen LogP contribution in [-0.4, -0.2) is 15.1 Å². The number of nitrogens with zero attached hydrogens (tertiary/aromatic N) is 3. The van der Waals surface area contributed by atoms with E-state index in [0.29, 0.717) is 28.8 Å². The van der Waals surface area contributed by atoms with Gasteiger partial charge in [-0.05, 0) is 52.3 Å². The van der Waals surface area contributed by atoms with Crippen LogP contribution in [0.3, 0.4) is 0 Å². The third-order valence-corrected chi connectivity index (χ3v) is 3.32. The second-order valence-electron chi connectivity index (χ2n) is 4.20. The standard InChI is InChI=1S/C14H11BrN4O2/c15-11-2-1-7-17-13(11)14-18-12(21-19-14)8-20-10-5-3-9(16)4-6-10/h1-7H,8,16H2. The molecule has 106 valence electrons. The molecule has 3 rings (SSSR count). The van der Waals surface area contributed by atoms with Crippen molar-refractivity contribution in [2.45, 2.75) is 6.61 Å². The van der Waals surface area contributed by atoms with Crippen molar-refractivity contribution in [2.75, 3.05) is 5.73 Å². The molecule has 2 N–H and O–H groups in total. The van der Waals surface area contributed by atoms with Crippen molar-refractivity contribution in [1.82, 2.24) is 15.1 Å². The molecule has 6 nitrogen and oxygen atoms in total. The number of aromatic nitrogens is 3. The summed E-state index contributed by atoms with van der Waals surface area (Å²) in [6, 6.07) is 10.8. The minimum Gasteiger partial charge on any atom is -0.484 e. The fraction of sp³-hybridized carbons (Fsp3) is 0.0714. The minimum atomic E-state index is 0.182. The van der Waals surface area contributed by atoms with E-state index in [-0.39, 0.29) is 6.61 Å². The first-order valence-corrected chi connectivity index (χ1v) is 6.93. The normalized spacial score (nSPS) is 10.5. The van der Waals surface area contributed by atoms with E-state index in [2.05, 4.69) is 31.1 Å². The highest BCUT2D eigenvalue weighted by Crippen LogP contribution is 2.23. The predicted octanol–water partition coefficient (Wildman–Crippen LogP) is 3.06. The van der Waals surface area contributed by atoms with E-state index in [1.54, 1.807) is 30.5 Å². The average Bonchev–Trinajstić information content (AvgIpc) is 2.96. The van der Waals surface area contributed by atoms with Gasteiger partial charge in [0.05, 0.1) is 0 Å². The lowest BCUT2D eigenvalue weighted by molar-refractivity contribution is 0.243. The van der Waals surface area contributed by atoms with Crippen LogP contribution in [0.25, 0.3) is 11.5 Å². The molecule has 2 aromatic heterocycles. The van der Waals surface area contributed by atoms with Gasteiger partial charge in [0.2, 0.25) is 5.82 Å². The van der Waals surface area contributed by atoms with E-state index < -0.39 is 0 Å². The topological polar surface area (TPSA) is 87.1 Å². The van der Waals surface area contributed by atoms with Crippen molar-refractivity contribution in [2.24, 2.45) is 0 Å². The van der Waals surface area contributed by atoms with Crippen molar-refractivity contribution in [3.8, 4) is 17.3 Å². The number of nitrogen functional groups attached to an aromatic ring is 1. The van der Waals surface area contributed by atoms with Gasteiger partial charge in [-0.2, -0.15) is 4.98 Å². The van der Waals surface area contributed by atoms with Crippen LogP contribution in [0.4, 0.5) is 5.69 Å². The van der Waals surface area contributed by atoms with Gasteiger partial charge in [-0.3, -0.25) is 4.98 Å². The van der Waals surface area contributed by atoms with Crippen LogP contribution in [-0.2, 0) is 6.61 Å². The van der Waals surface area contributed by atoms with E-state index in [4.69, 9.17) is 15.0 Å². The highest BCUT2D eigenvalue weighted by atomic mass is 79.9. The Bertz CT molecular complexity index is 743. The largest absolute Gasteiger partial charge is 0.484 e. The maximum Gasteiger partial charge on any atom is 0.264 e. The molecule has 0 saturated heterocycles. The number of rotatable bonds is 4. The smallest absolute Gasteiger partial charge is 0.264 e. The molecule has 0 atom stereocenters. The van der Waals surface area contributed by atoms with E-state index in [1.807, 2.05) is 12.1 Å². The molecule has 0 aliphatic rings. The minimum absolute atomic E-state index is 0.182. The number of halogens is 1. The third kappa shape index (κ3) is 3.19. The predicted molar refractivity (Wildman–Crippen MR) is 80.4 cm³/mol. The molecule has 1 aromatic carbocycles. The number of anilines is 1. The maximum atomic E-state index is 5.61. The third-order valence-electron chi connectivity index (χ3n) is 2.68. The van der Waals surface area contributed by atoms with Crippen LogP contribution in [0, 0.1) is 0 Å². The molecule has 21 heavy (non-hydrogen) atoms. The first-order valence-electron chi connectivity index (χ1n) is 6.14. The number of ether oxygens (including phenoxy) is 1. The second kappa shape index (κ2) is 5.92.